The molecule has 0 aromatic heterocycles. The zero-order valence-electron chi connectivity index (χ0n) is 14.5. The van der Waals surface area contributed by atoms with Gasteiger partial charge in [-0.15, -0.1) is 11.6 Å². The molecule has 0 bridgehead atoms. The third-order valence-electron chi connectivity index (χ3n) is 5.77. The van der Waals surface area contributed by atoms with Crippen molar-refractivity contribution in [2.75, 3.05) is 0 Å². The van der Waals surface area contributed by atoms with Crippen molar-refractivity contribution in [2.45, 2.75) is 41.9 Å². The topological polar surface area (TPSA) is 65.1 Å². The van der Waals surface area contributed by atoms with Crippen molar-refractivity contribution in [3.63, 3.8) is 0 Å². The lowest BCUT2D eigenvalue weighted by atomic mass is 9.83. The summed E-state index contributed by atoms with van der Waals surface area (Å²) in [5.41, 5.74) is 4.37. The molecule has 27 heavy (non-hydrogen) atoms. The van der Waals surface area contributed by atoms with Crippen LogP contribution in [0, 0.1) is 0 Å². The highest BCUT2D eigenvalue weighted by atomic mass is 35.5. The molecule has 0 unspecified atom stereocenters. The van der Waals surface area contributed by atoms with Gasteiger partial charge in [0, 0.05) is 16.3 Å². The lowest BCUT2D eigenvalue weighted by Crippen LogP contribution is -2.20. The molecule has 0 amide bonds. The van der Waals surface area contributed by atoms with Gasteiger partial charge in [0.15, 0.2) is 0 Å². The molecule has 7 heteroatoms. The van der Waals surface area contributed by atoms with Crippen LogP contribution < -0.4 is 5.14 Å². The van der Waals surface area contributed by atoms with Crippen LogP contribution in [0.5, 0.6) is 0 Å². The molecule has 2 heterocycles. The van der Waals surface area contributed by atoms with Crippen molar-refractivity contribution < 1.29 is 8.42 Å². The van der Waals surface area contributed by atoms with Crippen molar-refractivity contribution in [1.82, 2.24) is 4.57 Å². The Morgan fingerprint density at radius 2 is 1.74 bits per heavy atom. The van der Waals surface area contributed by atoms with Crippen LogP contribution in [0.3, 0.4) is 0 Å². The van der Waals surface area contributed by atoms with E-state index >= 15 is 0 Å². The Morgan fingerprint density at radius 3 is 2.41 bits per heavy atom. The maximum atomic E-state index is 12.6. The van der Waals surface area contributed by atoms with Crippen molar-refractivity contribution in [3.05, 3.63) is 47.0 Å². The molecular formula is C20H18Cl2N2O2S. The van der Waals surface area contributed by atoms with Crippen LogP contribution in [0.4, 0.5) is 0 Å². The van der Waals surface area contributed by atoms with Gasteiger partial charge in [0.25, 0.3) is 0 Å². The number of aromatic nitrogens is 1. The fraction of sp³-hybridized carbons (Fsp3) is 0.300. The summed E-state index contributed by atoms with van der Waals surface area (Å²) in [7, 11) is -3.88. The molecule has 4 nitrogen and oxygen atoms in total. The number of nitrogens with zero attached hydrogens (tertiary/aromatic N) is 1. The second kappa shape index (κ2) is 5.98. The van der Waals surface area contributed by atoms with Gasteiger partial charge in [0.1, 0.15) is 0 Å². The molecule has 2 aromatic carbocycles. The van der Waals surface area contributed by atoms with Crippen LogP contribution >= 0.6 is 23.2 Å². The summed E-state index contributed by atoms with van der Waals surface area (Å²) in [4.78, 5) is 0.252. The number of rotatable bonds is 3. The molecule has 0 spiro atoms. The van der Waals surface area contributed by atoms with Crippen molar-refractivity contribution >= 4 is 44.1 Å². The maximum absolute atomic E-state index is 12.6. The van der Waals surface area contributed by atoms with Crippen molar-refractivity contribution in [3.8, 4) is 16.9 Å². The minimum atomic E-state index is -3.88. The lowest BCUT2D eigenvalue weighted by Gasteiger charge is -2.27. The quantitative estimate of drug-likeness (QED) is 0.464. The Kier molecular flexibility index (Phi) is 3.89. The molecule has 1 aliphatic carbocycles. The summed E-state index contributed by atoms with van der Waals surface area (Å²) in [6.07, 6.45) is 3.53. The normalized spacial score (nSPS) is 21.6. The number of fused-ring (bicyclic) bond motifs is 4. The number of primary sulfonamides is 1. The van der Waals surface area contributed by atoms with Gasteiger partial charge < -0.3 is 4.57 Å². The summed E-state index contributed by atoms with van der Waals surface area (Å²) in [5, 5.41) is 7.59. The molecule has 2 N–H and O–H groups in total. The zero-order chi connectivity index (χ0) is 18.9. The fourth-order valence-corrected chi connectivity index (χ4v) is 6.05. The van der Waals surface area contributed by atoms with E-state index in [0.717, 1.165) is 53.5 Å². The van der Waals surface area contributed by atoms with Crippen LogP contribution in [0.25, 0.3) is 27.8 Å². The van der Waals surface area contributed by atoms with Crippen molar-refractivity contribution in [2.24, 2.45) is 5.14 Å². The summed E-state index contributed by atoms with van der Waals surface area (Å²) < 4.78 is 27.2. The highest BCUT2D eigenvalue weighted by Gasteiger charge is 2.38. The summed E-state index contributed by atoms with van der Waals surface area (Å²) in [6, 6.07) is 11.4. The first-order valence-electron chi connectivity index (χ1n) is 9.01. The van der Waals surface area contributed by atoms with Gasteiger partial charge in [-0.3, -0.25) is 0 Å². The van der Waals surface area contributed by atoms with E-state index in [1.54, 1.807) is 0 Å². The largest absolute Gasteiger partial charge is 0.303 e. The molecule has 0 saturated heterocycles. The van der Waals surface area contributed by atoms with Gasteiger partial charge >= 0.3 is 0 Å². The van der Waals surface area contributed by atoms with Crippen LogP contribution in [0.15, 0.2) is 41.3 Å². The summed E-state index contributed by atoms with van der Waals surface area (Å²) >= 11 is 12.5. The number of nitrogens with two attached hydrogens (primary N) is 1. The van der Waals surface area contributed by atoms with Gasteiger partial charge in [0.05, 0.1) is 26.8 Å². The second-order valence-corrected chi connectivity index (χ2v) is 9.91. The average molecular weight is 421 g/mol. The third-order valence-corrected chi connectivity index (χ3v) is 7.53. The van der Waals surface area contributed by atoms with Gasteiger partial charge in [-0.1, -0.05) is 41.9 Å². The Balaban J connectivity index is 1.69. The number of halogens is 2. The molecule has 1 fully saturated rings. The maximum Gasteiger partial charge on any atom is 0.239 e. The molecule has 2 aromatic rings. The Morgan fingerprint density at radius 1 is 1.04 bits per heavy atom. The minimum Gasteiger partial charge on any atom is -0.303 e. The monoisotopic (exact) mass is 420 g/mol. The second-order valence-electron chi connectivity index (χ2n) is 7.39. The molecule has 3 aliphatic rings. The van der Waals surface area contributed by atoms with E-state index in [1.807, 2.05) is 41.0 Å². The lowest BCUT2D eigenvalue weighted by molar-refractivity contribution is 0.444. The first kappa shape index (κ1) is 17.6. The Labute approximate surface area is 167 Å². The van der Waals surface area contributed by atoms with Crippen LogP contribution in [0.2, 0.25) is 5.02 Å². The SMILES string of the molecule is NS(=O)(=O)c1c(-c2c3c4cccc(Cl)c4n2-3)cccc1C1CCC(Cl)CC1. The van der Waals surface area contributed by atoms with Gasteiger partial charge in [0.2, 0.25) is 10.0 Å². The molecular weight excluding hydrogens is 403 g/mol. The first-order valence-corrected chi connectivity index (χ1v) is 11.4. The predicted molar refractivity (Wildman–Crippen MR) is 110 cm³/mol. The van der Waals surface area contributed by atoms with E-state index in [1.165, 1.54) is 0 Å². The van der Waals surface area contributed by atoms with Crippen molar-refractivity contribution in [1.29, 1.82) is 0 Å². The highest BCUT2D eigenvalue weighted by Crippen LogP contribution is 2.55. The van der Waals surface area contributed by atoms with Gasteiger partial charge in [-0.25, -0.2) is 13.6 Å². The molecule has 0 atom stereocenters. The first-order chi connectivity index (χ1) is 12.9. The predicted octanol–water partition coefficient (Wildman–Crippen LogP) is 5.18. The Hall–Kier alpha value is -1.53. The van der Waals surface area contributed by atoms with E-state index in [9.17, 15) is 8.42 Å². The van der Waals surface area contributed by atoms with Gasteiger partial charge in [-0.05, 0) is 43.2 Å². The van der Waals surface area contributed by atoms with Crippen LogP contribution in [-0.2, 0) is 10.0 Å². The fourth-order valence-electron chi connectivity index (χ4n) is 4.51. The summed E-state index contributed by atoms with van der Waals surface area (Å²) in [6.45, 7) is 0. The number of para-hydroxylation sites is 1. The van der Waals surface area contributed by atoms with E-state index in [0.29, 0.717) is 10.6 Å². The minimum absolute atomic E-state index is 0.163. The molecule has 140 valence electrons. The number of benzene rings is 2. The summed E-state index contributed by atoms with van der Waals surface area (Å²) in [5.74, 6) is 0.163. The molecule has 1 saturated carbocycles. The van der Waals surface area contributed by atoms with E-state index < -0.39 is 10.0 Å². The smallest absolute Gasteiger partial charge is 0.239 e. The third kappa shape index (κ3) is 2.64. The molecule has 5 rings (SSSR count). The molecule has 2 aliphatic heterocycles. The van der Waals surface area contributed by atoms with Gasteiger partial charge in [-0.2, -0.15) is 0 Å². The van der Waals surface area contributed by atoms with E-state index in [2.05, 4.69) is 0 Å². The van der Waals surface area contributed by atoms with Crippen LogP contribution in [-0.4, -0.2) is 18.4 Å². The molecule has 0 radical (unpaired) electrons. The highest BCUT2D eigenvalue weighted by molar-refractivity contribution is 7.89. The zero-order valence-corrected chi connectivity index (χ0v) is 16.8. The standard InChI is InChI=1S/C20H18Cl2N2O2S/c21-12-9-7-11(8-10-12)13-3-1-5-15(20(13)27(23,25)26)19-18-14-4-2-6-16(22)17(14)24(18)19/h1-6,11-12H,7-10H2,(H2,23,25,26). The number of sulfonamides is 1. The number of alkyl halides is 1. The van der Waals surface area contributed by atoms with E-state index in [4.69, 9.17) is 28.3 Å². The number of hydrogen-bond acceptors (Lipinski definition) is 2. The average Bonchev–Trinajstić information content (AvgIpc) is 3.26. The number of hydrogen-bond donors (Lipinski definition) is 1. The van der Waals surface area contributed by atoms with Crippen LogP contribution in [0.1, 0.15) is 37.2 Å². The Bertz CT molecular complexity index is 1190. The van der Waals surface area contributed by atoms with E-state index in [-0.39, 0.29) is 16.2 Å².